The Morgan fingerprint density at radius 2 is 2.33 bits per heavy atom. The molecule has 3 nitrogen and oxygen atoms in total. The van der Waals surface area contributed by atoms with Gasteiger partial charge in [-0.1, -0.05) is 6.92 Å². The molecule has 18 heavy (non-hydrogen) atoms. The lowest BCUT2D eigenvalue weighted by Gasteiger charge is -2.24. The average Bonchev–Trinajstić information content (AvgIpc) is 2.97. The molecule has 1 aliphatic rings. The van der Waals surface area contributed by atoms with Crippen LogP contribution in [-0.2, 0) is 0 Å². The van der Waals surface area contributed by atoms with Crippen LogP contribution in [0, 0.1) is 6.92 Å². The maximum absolute atomic E-state index is 12.3. The number of aryl methyl sites for hydroxylation is 1. The van der Waals surface area contributed by atoms with Gasteiger partial charge in [-0.2, -0.15) is 11.8 Å². The van der Waals surface area contributed by atoms with Crippen molar-refractivity contribution >= 4 is 17.7 Å². The normalized spacial score (nSPS) is 23.3. The van der Waals surface area contributed by atoms with E-state index in [1.54, 1.807) is 12.3 Å². The van der Waals surface area contributed by atoms with Crippen molar-refractivity contribution in [2.45, 2.75) is 44.4 Å². The Bertz CT molecular complexity index is 416. The van der Waals surface area contributed by atoms with Gasteiger partial charge in [0.05, 0.1) is 11.8 Å². The third-order valence-electron chi connectivity index (χ3n) is 3.72. The smallest absolute Gasteiger partial charge is 0.257 e. The molecule has 0 radical (unpaired) electrons. The fourth-order valence-electron chi connectivity index (χ4n) is 2.62. The summed E-state index contributed by atoms with van der Waals surface area (Å²) in [5.41, 5.74) is 0.698. The van der Waals surface area contributed by atoms with E-state index in [0.717, 1.165) is 23.8 Å². The monoisotopic (exact) mass is 267 g/mol. The lowest BCUT2D eigenvalue weighted by molar-refractivity contribution is 0.0733. The molecule has 2 rings (SSSR count). The van der Waals surface area contributed by atoms with Crippen LogP contribution in [0.1, 0.15) is 42.3 Å². The molecule has 0 saturated heterocycles. The van der Waals surface area contributed by atoms with Gasteiger partial charge in [0.1, 0.15) is 5.76 Å². The van der Waals surface area contributed by atoms with Crippen LogP contribution >= 0.6 is 11.8 Å². The number of nitrogens with zero attached hydrogens (tertiary/aromatic N) is 1. The van der Waals surface area contributed by atoms with Crippen LogP contribution in [0.2, 0.25) is 0 Å². The molecule has 0 unspecified atom stereocenters. The van der Waals surface area contributed by atoms with E-state index in [9.17, 15) is 4.79 Å². The van der Waals surface area contributed by atoms with Gasteiger partial charge in [-0.25, -0.2) is 0 Å². The Hall–Kier alpha value is -0.900. The number of carbonyl (C=O) groups is 1. The molecule has 1 saturated carbocycles. The molecule has 1 aromatic rings. The second kappa shape index (κ2) is 5.83. The number of thioether (sulfide) groups is 1. The summed E-state index contributed by atoms with van der Waals surface area (Å²) in [7, 11) is 1.92. The Kier molecular flexibility index (Phi) is 4.38. The number of hydrogen-bond acceptors (Lipinski definition) is 3. The number of furan rings is 1. The highest BCUT2D eigenvalue weighted by atomic mass is 32.2. The molecule has 0 bridgehead atoms. The van der Waals surface area contributed by atoms with Gasteiger partial charge in [0.2, 0.25) is 0 Å². The summed E-state index contributed by atoms with van der Waals surface area (Å²) >= 11 is 2.02. The van der Waals surface area contributed by atoms with E-state index in [2.05, 4.69) is 6.92 Å². The van der Waals surface area contributed by atoms with E-state index in [4.69, 9.17) is 4.42 Å². The summed E-state index contributed by atoms with van der Waals surface area (Å²) < 4.78 is 5.21. The molecule has 0 aromatic carbocycles. The zero-order chi connectivity index (χ0) is 13.1. The molecule has 4 heteroatoms. The van der Waals surface area contributed by atoms with Crippen molar-refractivity contribution in [2.75, 3.05) is 12.8 Å². The van der Waals surface area contributed by atoms with Crippen LogP contribution in [0.3, 0.4) is 0 Å². The summed E-state index contributed by atoms with van der Waals surface area (Å²) in [6.07, 6.45) is 5.06. The topological polar surface area (TPSA) is 33.5 Å². The molecule has 0 aliphatic heterocycles. The molecule has 0 N–H and O–H groups in total. The van der Waals surface area contributed by atoms with Crippen LogP contribution in [-0.4, -0.2) is 34.9 Å². The molecule has 1 fully saturated rings. The first-order valence-electron chi connectivity index (χ1n) is 6.56. The molecule has 1 aromatic heterocycles. The Morgan fingerprint density at radius 3 is 2.94 bits per heavy atom. The van der Waals surface area contributed by atoms with Crippen molar-refractivity contribution in [3.05, 3.63) is 23.7 Å². The standard InChI is InChI=1S/C14H21NO2S/c1-4-18-12-6-5-11(9-12)15(3)14(16)13-7-8-17-10(13)2/h7-8,11-12H,4-6,9H2,1-3H3/t11-,12-/m1/s1. The summed E-state index contributed by atoms with van der Waals surface area (Å²) in [5, 5.41) is 0.723. The molecule has 1 amide bonds. The summed E-state index contributed by atoms with van der Waals surface area (Å²) in [5.74, 6) is 1.97. The van der Waals surface area contributed by atoms with Gasteiger partial charge in [-0.15, -0.1) is 0 Å². The largest absolute Gasteiger partial charge is 0.469 e. The van der Waals surface area contributed by atoms with E-state index in [0.29, 0.717) is 17.4 Å². The van der Waals surface area contributed by atoms with E-state index < -0.39 is 0 Å². The number of rotatable bonds is 4. The van der Waals surface area contributed by atoms with Crippen LogP contribution in [0.25, 0.3) is 0 Å². The number of carbonyl (C=O) groups excluding carboxylic acids is 1. The fourth-order valence-corrected chi connectivity index (χ4v) is 3.75. The lowest BCUT2D eigenvalue weighted by atomic mass is 10.1. The molecule has 0 spiro atoms. The van der Waals surface area contributed by atoms with Gasteiger partial charge in [0.25, 0.3) is 5.91 Å². The van der Waals surface area contributed by atoms with Crippen LogP contribution in [0.5, 0.6) is 0 Å². The molecular formula is C14H21NO2S. The van der Waals surface area contributed by atoms with Crippen molar-refractivity contribution in [3.8, 4) is 0 Å². The predicted octanol–water partition coefficient (Wildman–Crippen LogP) is 3.33. The van der Waals surface area contributed by atoms with Crippen LogP contribution in [0.15, 0.2) is 16.7 Å². The molecule has 1 heterocycles. The van der Waals surface area contributed by atoms with Gasteiger partial charge in [0, 0.05) is 18.3 Å². The second-order valence-corrected chi connectivity index (χ2v) is 6.43. The highest BCUT2D eigenvalue weighted by molar-refractivity contribution is 7.99. The van der Waals surface area contributed by atoms with Crippen molar-refractivity contribution in [1.82, 2.24) is 4.90 Å². The summed E-state index contributed by atoms with van der Waals surface area (Å²) in [6.45, 7) is 4.03. The van der Waals surface area contributed by atoms with Gasteiger partial charge in [-0.05, 0) is 38.0 Å². The van der Waals surface area contributed by atoms with Crippen LogP contribution in [0.4, 0.5) is 0 Å². The van der Waals surface area contributed by atoms with Crippen molar-refractivity contribution in [1.29, 1.82) is 0 Å². The average molecular weight is 267 g/mol. The minimum absolute atomic E-state index is 0.0911. The molecule has 100 valence electrons. The van der Waals surface area contributed by atoms with Crippen LogP contribution < -0.4 is 0 Å². The second-order valence-electron chi connectivity index (χ2n) is 4.85. The van der Waals surface area contributed by atoms with E-state index >= 15 is 0 Å². The third kappa shape index (κ3) is 2.74. The summed E-state index contributed by atoms with van der Waals surface area (Å²) in [4.78, 5) is 14.2. The maximum Gasteiger partial charge on any atom is 0.257 e. The van der Waals surface area contributed by atoms with Crippen molar-refractivity contribution in [3.63, 3.8) is 0 Å². The fraction of sp³-hybridized carbons (Fsp3) is 0.643. The maximum atomic E-state index is 12.3. The first-order valence-corrected chi connectivity index (χ1v) is 7.61. The third-order valence-corrected chi connectivity index (χ3v) is 4.95. The van der Waals surface area contributed by atoms with Gasteiger partial charge >= 0.3 is 0 Å². The lowest BCUT2D eigenvalue weighted by Crippen LogP contribution is -2.35. The first-order chi connectivity index (χ1) is 8.63. The van der Waals surface area contributed by atoms with Gasteiger partial charge in [0.15, 0.2) is 0 Å². The quantitative estimate of drug-likeness (QED) is 0.839. The molecule has 1 aliphatic carbocycles. The van der Waals surface area contributed by atoms with Crippen molar-refractivity contribution in [2.24, 2.45) is 0 Å². The SMILES string of the molecule is CCS[C@@H]1CC[C@@H](N(C)C(=O)c2ccoc2C)C1. The highest BCUT2D eigenvalue weighted by Gasteiger charge is 2.30. The zero-order valence-electron chi connectivity index (χ0n) is 11.3. The molecular weight excluding hydrogens is 246 g/mol. The van der Waals surface area contributed by atoms with Gasteiger partial charge in [-0.3, -0.25) is 4.79 Å². The van der Waals surface area contributed by atoms with E-state index in [1.165, 1.54) is 6.42 Å². The highest BCUT2D eigenvalue weighted by Crippen LogP contribution is 2.32. The zero-order valence-corrected chi connectivity index (χ0v) is 12.1. The Labute approximate surface area is 113 Å². The van der Waals surface area contributed by atoms with E-state index in [1.807, 2.05) is 30.6 Å². The first kappa shape index (κ1) is 13.5. The van der Waals surface area contributed by atoms with E-state index in [-0.39, 0.29) is 5.91 Å². The number of amides is 1. The minimum atomic E-state index is 0.0911. The number of hydrogen-bond donors (Lipinski definition) is 0. The molecule has 2 atom stereocenters. The Balaban J connectivity index is 1.98. The minimum Gasteiger partial charge on any atom is -0.469 e. The van der Waals surface area contributed by atoms with Gasteiger partial charge < -0.3 is 9.32 Å². The van der Waals surface area contributed by atoms with Crippen molar-refractivity contribution < 1.29 is 9.21 Å². The predicted molar refractivity (Wildman–Crippen MR) is 75.1 cm³/mol. The summed E-state index contributed by atoms with van der Waals surface area (Å²) in [6, 6.07) is 2.15. The Morgan fingerprint density at radius 1 is 1.56 bits per heavy atom.